The fourth-order valence-electron chi connectivity index (χ4n) is 9.43. The molecule has 0 atom stereocenters. The van der Waals surface area contributed by atoms with Crippen LogP contribution in [0, 0.1) is 45.9 Å². The molecule has 0 unspecified atom stereocenters. The van der Waals surface area contributed by atoms with Crippen molar-refractivity contribution in [2.45, 2.75) is 40.8 Å². The zero-order valence-corrected chi connectivity index (χ0v) is 34.4. The predicted molar refractivity (Wildman–Crippen MR) is 245 cm³/mol. The molecular formula is C55H40F3N3. The first kappa shape index (κ1) is 37.9. The van der Waals surface area contributed by atoms with Gasteiger partial charge in [0.1, 0.15) is 11.6 Å². The standard InChI is InChI=1S/C55H40F3N3/c1-32-14-18-42(35(4)22-32)37-16-20-46-44-10-6-8-12-49(44)60(51(46)27-37)53-29-40(39-24-34(3)25-41(26-39)55(56,57)58)30-54(48(53)31-59)61-50-13-9-7-11-45(50)47-21-17-38(28-52(47)61)43-19-15-33(2)23-36(43)5/h6-30H,1-5H3. The van der Waals surface area contributed by atoms with Gasteiger partial charge in [0.15, 0.2) is 0 Å². The van der Waals surface area contributed by atoms with E-state index >= 15 is 0 Å². The minimum Gasteiger partial charge on any atom is -0.308 e. The molecule has 0 aliphatic heterocycles. The number of hydrogen-bond donors (Lipinski definition) is 0. The van der Waals surface area contributed by atoms with Crippen molar-refractivity contribution in [3.8, 4) is 50.8 Å². The number of nitriles is 1. The van der Waals surface area contributed by atoms with E-state index in [0.717, 1.165) is 77.0 Å². The average Bonchev–Trinajstić information content (AvgIpc) is 3.74. The number of nitrogens with zero attached hydrogens (tertiary/aromatic N) is 3. The number of aryl methyl sites for hydroxylation is 5. The first-order valence-electron chi connectivity index (χ1n) is 20.4. The van der Waals surface area contributed by atoms with E-state index in [1.54, 1.807) is 13.0 Å². The molecule has 296 valence electrons. The van der Waals surface area contributed by atoms with Crippen molar-refractivity contribution in [1.82, 2.24) is 9.13 Å². The average molecular weight is 800 g/mol. The van der Waals surface area contributed by atoms with Crippen LogP contribution in [0.4, 0.5) is 13.2 Å². The zero-order valence-electron chi connectivity index (χ0n) is 34.4. The first-order chi connectivity index (χ1) is 29.4. The van der Waals surface area contributed by atoms with E-state index in [0.29, 0.717) is 33.6 Å². The zero-order chi connectivity index (χ0) is 42.3. The third-order valence-electron chi connectivity index (χ3n) is 12.2. The molecule has 0 radical (unpaired) electrons. The summed E-state index contributed by atoms with van der Waals surface area (Å²) in [4.78, 5) is 0. The van der Waals surface area contributed by atoms with Gasteiger partial charge in [-0.1, -0.05) is 114 Å². The van der Waals surface area contributed by atoms with E-state index in [1.165, 1.54) is 23.3 Å². The normalized spacial score (nSPS) is 11.9. The van der Waals surface area contributed by atoms with Crippen LogP contribution in [-0.4, -0.2) is 9.13 Å². The minimum absolute atomic E-state index is 0.395. The second kappa shape index (κ2) is 14.1. The first-order valence-corrected chi connectivity index (χ1v) is 20.4. The molecule has 2 aromatic heterocycles. The summed E-state index contributed by atoms with van der Waals surface area (Å²) in [6.07, 6.45) is -4.55. The number of aromatic nitrogens is 2. The molecule has 0 saturated carbocycles. The fraction of sp³-hybridized carbons (Fsp3) is 0.109. The summed E-state index contributed by atoms with van der Waals surface area (Å²) >= 11 is 0. The molecule has 3 nitrogen and oxygen atoms in total. The summed E-state index contributed by atoms with van der Waals surface area (Å²) in [5, 5.41) is 15.5. The van der Waals surface area contributed by atoms with Gasteiger partial charge in [-0.05, 0) is 133 Å². The largest absolute Gasteiger partial charge is 0.416 e. The molecule has 0 aliphatic rings. The lowest BCUT2D eigenvalue weighted by Gasteiger charge is -2.19. The maximum Gasteiger partial charge on any atom is 0.416 e. The number of fused-ring (bicyclic) bond motifs is 6. The quantitative estimate of drug-likeness (QED) is 0.171. The van der Waals surface area contributed by atoms with E-state index in [1.807, 2.05) is 48.5 Å². The van der Waals surface area contributed by atoms with Crippen LogP contribution in [0.5, 0.6) is 0 Å². The number of alkyl halides is 3. The Kier molecular flexibility index (Phi) is 8.78. The molecule has 0 N–H and O–H groups in total. The van der Waals surface area contributed by atoms with Crippen LogP contribution in [0.3, 0.4) is 0 Å². The monoisotopic (exact) mass is 799 g/mol. The highest BCUT2D eigenvalue weighted by Crippen LogP contribution is 2.43. The molecular weight excluding hydrogens is 760 g/mol. The molecule has 0 aliphatic carbocycles. The molecule has 0 amide bonds. The molecule has 10 rings (SSSR count). The fourth-order valence-corrected chi connectivity index (χ4v) is 9.43. The summed E-state index contributed by atoms with van der Waals surface area (Å²) in [6, 6.07) is 52.6. The van der Waals surface area contributed by atoms with E-state index in [2.05, 4.69) is 128 Å². The van der Waals surface area contributed by atoms with E-state index in [4.69, 9.17) is 0 Å². The predicted octanol–water partition coefficient (Wildman–Crippen LogP) is 15.3. The SMILES string of the molecule is Cc1cc(-c2cc(-n3c4ccccc4c4ccc(-c5ccc(C)cc5C)cc43)c(C#N)c(-n3c4ccccc4c4ccc(-c5ccc(C)cc5C)cc43)c2)cc(C(F)(F)F)c1. The highest BCUT2D eigenvalue weighted by atomic mass is 19.4. The van der Waals surface area contributed by atoms with Crippen molar-refractivity contribution in [2.24, 2.45) is 0 Å². The Morgan fingerprint density at radius 1 is 0.426 bits per heavy atom. The van der Waals surface area contributed by atoms with Crippen LogP contribution >= 0.6 is 0 Å². The molecule has 0 bridgehead atoms. The van der Waals surface area contributed by atoms with Crippen LogP contribution in [-0.2, 0) is 6.18 Å². The van der Waals surface area contributed by atoms with Crippen LogP contribution in [0.2, 0.25) is 0 Å². The Hall–Kier alpha value is -7.36. The van der Waals surface area contributed by atoms with Gasteiger partial charge in [0.25, 0.3) is 0 Å². The van der Waals surface area contributed by atoms with Gasteiger partial charge in [0, 0.05) is 21.5 Å². The molecule has 2 heterocycles. The Bertz CT molecular complexity index is 3290. The molecule has 6 heteroatoms. The van der Waals surface area contributed by atoms with Gasteiger partial charge in [-0.2, -0.15) is 18.4 Å². The second-order valence-corrected chi connectivity index (χ2v) is 16.4. The Morgan fingerprint density at radius 3 is 1.34 bits per heavy atom. The molecule has 0 fully saturated rings. The minimum atomic E-state index is -4.55. The Balaban J connectivity index is 1.35. The van der Waals surface area contributed by atoms with Crippen LogP contribution in [0.1, 0.15) is 38.9 Å². The van der Waals surface area contributed by atoms with Gasteiger partial charge in [-0.15, -0.1) is 0 Å². The summed E-state index contributed by atoms with van der Waals surface area (Å²) in [5.74, 6) is 0. The smallest absolute Gasteiger partial charge is 0.308 e. The van der Waals surface area contributed by atoms with E-state index in [9.17, 15) is 18.4 Å². The topological polar surface area (TPSA) is 33.6 Å². The summed E-state index contributed by atoms with van der Waals surface area (Å²) < 4.78 is 47.7. The Morgan fingerprint density at radius 2 is 0.885 bits per heavy atom. The van der Waals surface area contributed by atoms with Crippen molar-refractivity contribution in [3.05, 3.63) is 191 Å². The lowest BCUT2D eigenvalue weighted by atomic mass is 9.96. The number of halogens is 3. The van der Waals surface area contributed by atoms with Crippen molar-refractivity contribution < 1.29 is 13.2 Å². The summed E-state index contributed by atoms with van der Waals surface area (Å²) in [7, 11) is 0. The van der Waals surface area contributed by atoms with Crippen molar-refractivity contribution in [3.63, 3.8) is 0 Å². The number of rotatable bonds is 5. The van der Waals surface area contributed by atoms with Crippen LogP contribution in [0.25, 0.3) is 88.4 Å². The molecule has 61 heavy (non-hydrogen) atoms. The summed E-state index contributed by atoms with van der Waals surface area (Å²) in [6.45, 7) is 10.1. The third kappa shape index (κ3) is 6.28. The van der Waals surface area contributed by atoms with Gasteiger partial charge in [0.05, 0.1) is 39.0 Å². The summed E-state index contributed by atoms with van der Waals surface area (Å²) in [5.41, 5.74) is 14.7. The van der Waals surface area contributed by atoms with Gasteiger partial charge in [0.2, 0.25) is 0 Å². The van der Waals surface area contributed by atoms with Gasteiger partial charge < -0.3 is 9.13 Å². The maximum absolute atomic E-state index is 14.5. The molecule has 8 aromatic carbocycles. The lowest BCUT2D eigenvalue weighted by molar-refractivity contribution is -0.137. The van der Waals surface area contributed by atoms with E-state index < -0.39 is 11.7 Å². The van der Waals surface area contributed by atoms with Gasteiger partial charge in [-0.3, -0.25) is 0 Å². The highest BCUT2D eigenvalue weighted by Gasteiger charge is 2.31. The number of para-hydroxylation sites is 2. The van der Waals surface area contributed by atoms with Crippen molar-refractivity contribution in [2.75, 3.05) is 0 Å². The van der Waals surface area contributed by atoms with E-state index in [-0.39, 0.29) is 0 Å². The number of hydrogen-bond acceptors (Lipinski definition) is 1. The Labute approximate surface area is 352 Å². The van der Waals surface area contributed by atoms with Crippen molar-refractivity contribution in [1.29, 1.82) is 5.26 Å². The van der Waals surface area contributed by atoms with Gasteiger partial charge in [-0.25, -0.2) is 0 Å². The van der Waals surface area contributed by atoms with Gasteiger partial charge >= 0.3 is 6.18 Å². The van der Waals surface area contributed by atoms with Crippen LogP contribution in [0.15, 0.2) is 152 Å². The van der Waals surface area contributed by atoms with Crippen LogP contribution < -0.4 is 0 Å². The number of benzene rings is 8. The highest BCUT2D eigenvalue weighted by molar-refractivity contribution is 6.12. The van der Waals surface area contributed by atoms with Crippen molar-refractivity contribution >= 4 is 43.6 Å². The molecule has 0 spiro atoms. The maximum atomic E-state index is 14.5. The molecule has 0 saturated heterocycles. The molecule has 10 aromatic rings. The third-order valence-corrected chi connectivity index (χ3v) is 12.2. The lowest BCUT2D eigenvalue weighted by Crippen LogP contribution is -2.07. The second-order valence-electron chi connectivity index (χ2n) is 16.4.